The van der Waals surface area contributed by atoms with Crippen molar-refractivity contribution < 1.29 is 4.39 Å². The Morgan fingerprint density at radius 3 is 3.18 bits per heavy atom. The van der Waals surface area contributed by atoms with Gasteiger partial charge in [0.15, 0.2) is 11.5 Å². The van der Waals surface area contributed by atoms with Gasteiger partial charge in [0.05, 0.1) is 0 Å². The van der Waals surface area contributed by atoms with E-state index in [1.165, 1.54) is 6.07 Å². The van der Waals surface area contributed by atoms with Crippen LogP contribution in [0.1, 0.15) is 5.56 Å². The first kappa shape index (κ1) is 6.34. The van der Waals surface area contributed by atoms with Crippen molar-refractivity contribution in [3.63, 3.8) is 0 Å². The molecule has 0 unspecified atom stereocenters. The largest absolute Gasteiger partial charge is 0.304 e. The van der Waals surface area contributed by atoms with E-state index in [0.717, 1.165) is 5.56 Å². The van der Waals surface area contributed by atoms with Crippen LogP contribution in [0.25, 0.3) is 5.65 Å². The molecule has 0 fully saturated rings. The number of hydrogen-bond acceptors (Lipinski definition) is 1. The molecule has 2 rings (SSSR count). The number of hydrogen-bond donors (Lipinski definition) is 0. The summed E-state index contributed by atoms with van der Waals surface area (Å²) in [6.45, 7) is 1.85. The fraction of sp³-hybridized carbons (Fsp3) is 0.125. The number of pyridine rings is 1. The average molecular weight is 150 g/mol. The molecule has 2 nitrogen and oxygen atoms in total. The highest BCUT2D eigenvalue weighted by molar-refractivity contribution is 5.41. The Kier molecular flexibility index (Phi) is 1.18. The summed E-state index contributed by atoms with van der Waals surface area (Å²) in [6, 6.07) is 1.47. The summed E-state index contributed by atoms with van der Waals surface area (Å²) >= 11 is 0. The van der Waals surface area contributed by atoms with E-state index in [2.05, 4.69) is 4.98 Å². The smallest absolute Gasteiger partial charge is 0.173 e. The lowest BCUT2D eigenvalue weighted by molar-refractivity contribution is 0.628. The van der Waals surface area contributed by atoms with Crippen molar-refractivity contribution in [3.05, 3.63) is 36.0 Å². The molecule has 0 saturated heterocycles. The van der Waals surface area contributed by atoms with E-state index >= 15 is 0 Å². The summed E-state index contributed by atoms with van der Waals surface area (Å²) in [4.78, 5) is 3.85. The lowest BCUT2D eigenvalue weighted by atomic mass is 10.3. The molecule has 56 valence electrons. The lowest BCUT2D eigenvalue weighted by Gasteiger charge is -1.96. The van der Waals surface area contributed by atoms with Crippen LogP contribution in [0.3, 0.4) is 0 Å². The Bertz CT molecular complexity index is 392. The molecule has 0 aliphatic carbocycles. The van der Waals surface area contributed by atoms with Gasteiger partial charge in [-0.1, -0.05) is 0 Å². The predicted octanol–water partition coefficient (Wildman–Crippen LogP) is 1.78. The van der Waals surface area contributed by atoms with E-state index in [-0.39, 0.29) is 5.82 Å². The van der Waals surface area contributed by atoms with Crippen LogP contribution in [0.2, 0.25) is 0 Å². The van der Waals surface area contributed by atoms with Crippen molar-refractivity contribution in [1.82, 2.24) is 9.38 Å². The summed E-state index contributed by atoms with van der Waals surface area (Å²) in [7, 11) is 0. The third-order valence-corrected chi connectivity index (χ3v) is 1.58. The molecule has 0 radical (unpaired) electrons. The number of nitrogens with zero attached hydrogens (tertiary/aromatic N) is 2. The number of halogens is 1. The number of imidazole rings is 1. The van der Waals surface area contributed by atoms with Crippen LogP contribution in [-0.2, 0) is 0 Å². The topological polar surface area (TPSA) is 17.3 Å². The molecule has 11 heavy (non-hydrogen) atoms. The van der Waals surface area contributed by atoms with Gasteiger partial charge in [0.1, 0.15) is 0 Å². The highest BCUT2D eigenvalue weighted by Crippen LogP contribution is 2.08. The zero-order valence-electron chi connectivity index (χ0n) is 6.08. The fourth-order valence-electron chi connectivity index (χ4n) is 1.12. The quantitative estimate of drug-likeness (QED) is 0.559. The van der Waals surface area contributed by atoms with Gasteiger partial charge >= 0.3 is 0 Å². The summed E-state index contributed by atoms with van der Waals surface area (Å²) in [6.07, 6.45) is 5.15. The molecule has 2 aromatic heterocycles. The van der Waals surface area contributed by atoms with Gasteiger partial charge in [0.2, 0.25) is 0 Å². The van der Waals surface area contributed by atoms with E-state index in [0.29, 0.717) is 5.65 Å². The minimum atomic E-state index is -0.269. The zero-order valence-corrected chi connectivity index (χ0v) is 6.08. The molecule has 0 amide bonds. The van der Waals surface area contributed by atoms with Crippen molar-refractivity contribution in [2.24, 2.45) is 0 Å². The van der Waals surface area contributed by atoms with Crippen LogP contribution >= 0.6 is 0 Å². The lowest BCUT2D eigenvalue weighted by Crippen LogP contribution is -1.88. The maximum Gasteiger partial charge on any atom is 0.173 e. The summed E-state index contributed by atoms with van der Waals surface area (Å²) in [5.41, 5.74) is 1.28. The van der Waals surface area contributed by atoms with Crippen LogP contribution in [-0.4, -0.2) is 9.38 Å². The Balaban J connectivity index is 2.91. The Labute approximate surface area is 63.3 Å². The maximum atomic E-state index is 13.0. The van der Waals surface area contributed by atoms with Gasteiger partial charge in [-0.15, -0.1) is 0 Å². The van der Waals surface area contributed by atoms with Gasteiger partial charge in [-0.2, -0.15) is 0 Å². The Morgan fingerprint density at radius 2 is 2.36 bits per heavy atom. The third kappa shape index (κ3) is 0.888. The molecule has 0 atom stereocenters. The predicted molar refractivity (Wildman–Crippen MR) is 39.9 cm³/mol. The van der Waals surface area contributed by atoms with E-state index in [9.17, 15) is 4.39 Å². The molecule has 0 aliphatic rings. The second-order valence-electron chi connectivity index (χ2n) is 2.52. The van der Waals surface area contributed by atoms with Crippen molar-refractivity contribution in [1.29, 1.82) is 0 Å². The van der Waals surface area contributed by atoms with Crippen molar-refractivity contribution >= 4 is 5.65 Å². The number of fused-ring (bicyclic) bond motifs is 1. The third-order valence-electron chi connectivity index (χ3n) is 1.58. The van der Waals surface area contributed by atoms with Gasteiger partial charge < -0.3 is 4.40 Å². The summed E-state index contributed by atoms with van der Waals surface area (Å²) in [5, 5.41) is 0. The van der Waals surface area contributed by atoms with Crippen LogP contribution in [0, 0.1) is 12.7 Å². The number of aryl methyl sites for hydroxylation is 1. The Morgan fingerprint density at radius 1 is 1.55 bits per heavy atom. The molecule has 2 aromatic rings. The van der Waals surface area contributed by atoms with Gasteiger partial charge in [0, 0.05) is 18.6 Å². The van der Waals surface area contributed by atoms with Crippen LogP contribution in [0.4, 0.5) is 4.39 Å². The molecule has 0 saturated carbocycles. The number of aromatic nitrogens is 2. The van der Waals surface area contributed by atoms with E-state index in [1.54, 1.807) is 16.8 Å². The molecule has 0 aliphatic heterocycles. The molecule has 2 heterocycles. The van der Waals surface area contributed by atoms with Crippen LogP contribution < -0.4 is 0 Å². The highest BCUT2D eigenvalue weighted by atomic mass is 19.1. The van der Waals surface area contributed by atoms with Crippen LogP contribution in [0.15, 0.2) is 24.7 Å². The first-order valence-electron chi connectivity index (χ1n) is 3.36. The normalized spacial score (nSPS) is 10.7. The second kappa shape index (κ2) is 2.05. The van der Waals surface area contributed by atoms with Crippen molar-refractivity contribution in [2.75, 3.05) is 0 Å². The van der Waals surface area contributed by atoms with Crippen LogP contribution in [0.5, 0.6) is 0 Å². The molecule has 0 aromatic carbocycles. The first-order valence-corrected chi connectivity index (χ1v) is 3.36. The van der Waals surface area contributed by atoms with E-state index < -0.39 is 0 Å². The second-order valence-corrected chi connectivity index (χ2v) is 2.52. The summed E-state index contributed by atoms with van der Waals surface area (Å²) < 4.78 is 14.7. The fourth-order valence-corrected chi connectivity index (χ4v) is 1.12. The summed E-state index contributed by atoms with van der Waals surface area (Å²) in [5.74, 6) is -0.269. The molecular formula is C8H7FN2. The van der Waals surface area contributed by atoms with E-state index in [1.807, 2.05) is 13.1 Å². The SMILES string of the molecule is Cc1cc(F)c2nccn2c1. The standard InChI is InChI=1S/C8H7FN2/c1-6-4-7(9)8-10-2-3-11(8)5-6/h2-5H,1H3. The Hall–Kier alpha value is -1.38. The average Bonchev–Trinajstić information content (AvgIpc) is 2.34. The monoisotopic (exact) mass is 150 g/mol. The molecule has 0 bridgehead atoms. The molecular weight excluding hydrogens is 143 g/mol. The number of rotatable bonds is 0. The highest BCUT2D eigenvalue weighted by Gasteiger charge is 2.00. The van der Waals surface area contributed by atoms with Gasteiger partial charge in [-0.05, 0) is 18.6 Å². The molecule has 3 heteroatoms. The van der Waals surface area contributed by atoms with E-state index in [4.69, 9.17) is 0 Å². The van der Waals surface area contributed by atoms with Crippen molar-refractivity contribution in [3.8, 4) is 0 Å². The maximum absolute atomic E-state index is 13.0. The zero-order chi connectivity index (χ0) is 7.84. The van der Waals surface area contributed by atoms with Crippen molar-refractivity contribution in [2.45, 2.75) is 6.92 Å². The van der Waals surface area contributed by atoms with Gasteiger partial charge in [0.25, 0.3) is 0 Å². The minimum absolute atomic E-state index is 0.269. The molecule has 0 spiro atoms. The molecule has 0 N–H and O–H groups in total. The van der Waals surface area contributed by atoms with Gasteiger partial charge in [-0.3, -0.25) is 0 Å². The van der Waals surface area contributed by atoms with Gasteiger partial charge in [-0.25, -0.2) is 9.37 Å². The minimum Gasteiger partial charge on any atom is -0.304 e. The first-order chi connectivity index (χ1) is 5.27.